The summed E-state index contributed by atoms with van der Waals surface area (Å²) in [5.41, 5.74) is 0.872. The standard InChI is InChI=1S/C20H20BrN3O2S/c1-20-16(18(25)23(2)3)17(14-6-4-5-7-15(14)26-20)22-19(27)24(20)13-10-8-12(21)9-11-13/h4-11,16-17H,1-3H3,(H,22,27). The summed E-state index contributed by atoms with van der Waals surface area (Å²) in [6.45, 7) is 1.94. The van der Waals surface area contributed by atoms with Gasteiger partial charge in [-0.05, 0) is 49.5 Å². The van der Waals surface area contributed by atoms with E-state index in [1.54, 1.807) is 19.0 Å². The van der Waals surface area contributed by atoms with Gasteiger partial charge in [-0.2, -0.15) is 0 Å². The molecule has 1 saturated heterocycles. The molecular formula is C20H20BrN3O2S. The average Bonchev–Trinajstić information content (AvgIpc) is 2.62. The Morgan fingerprint density at radius 3 is 2.56 bits per heavy atom. The van der Waals surface area contributed by atoms with Gasteiger partial charge in [0.25, 0.3) is 0 Å². The molecule has 0 spiro atoms. The van der Waals surface area contributed by atoms with Crippen molar-refractivity contribution >= 4 is 44.9 Å². The Hall–Kier alpha value is -2.12. The highest BCUT2D eigenvalue weighted by Gasteiger charge is 2.59. The zero-order valence-electron chi connectivity index (χ0n) is 15.3. The van der Waals surface area contributed by atoms with Crippen molar-refractivity contribution in [2.24, 2.45) is 5.92 Å². The van der Waals surface area contributed by atoms with Crippen LogP contribution in [-0.2, 0) is 4.79 Å². The van der Waals surface area contributed by atoms with Gasteiger partial charge < -0.3 is 15.0 Å². The van der Waals surface area contributed by atoms with Crippen LogP contribution in [0.1, 0.15) is 18.5 Å². The minimum Gasteiger partial charge on any atom is -0.467 e. The van der Waals surface area contributed by atoms with Crippen molar-refractivity contribution in [3.63, 3.8) is 0 Å². The van der Waals surface area contributed by atoms with Crippen molar-refractivity contribution in [3.05, 3.63) is 58.6 Å². The van der Waals surface area contributed by atoms with Crippen molar-refractivity contribution in [2.45, 2.75) is 18.7 Å². The normalized spacial score (nSPS) is 25.9. The molecule has 0 aromatic heterocycles. The maximum absolute atomic E-state index is 13.2. The van der Waals surface area contributed by atoms with Gasteiger partial charge >= 0.3 is 0 Å². The molecule has 0 aliphatic carbocycles. The zero-order chi connectivity index (χ0) is 19.3. The molecule has 1 fully saturated rings. The van der Waals surface area contributed by atoms with Gasteiger partial charge in [0.1, 0.15) is 11.7 Å². The Morgan fingerprint density at radius 1 is 1.22 bits per heavy atom. The summed E-state index contributed by atoms with van der Waals surface area (Å²) in [4.78, 5) is 16.7. The van der Waals surface area contributed by atoms with E-state index < -0.39 is 11.6 Å². The number of halogens is 1. The molecular weight excluding hydrogens is 426 g/mol. The summed E-state index contributed by atoms with van der Waals surface area (Å²) in [5, 5.41) is 3.94. The first-order valence-electron chi connectivity index (χ1n) is 8.68. The molecule has 2 heterocycles. The summed E-state index contributed by atoms with van der Waals surface area (Å²) in [5.74, 6) is 0.303. The van der Waals surface area contributed by atoms with Crippen LogP contribution in [0.3, 0.4) is 0 Å². The molecule has 2 aromatic rings. The van der Waals surface area contributed by atoms with Crippen LogP contribution in [-0.4, -0.2) is 35.7 Å². The minimum atomic E-state index is -0.948. The molecule has 1 N–H and O–H groups in total. The highest BCUT2D eigenvalue weighted by Crippen LogP contribution is 2.49. The number of thiocarbonyl (C=S) groups is 1. The molecule has 3 atom stereocenters. The number of nitrogens with zero attached hydrogens (tertiary/aromatic N) is 2. The van der Waals surface area contributed by atoms with Crippen LogP contribution in [0.25, 0.3) is 0 Å². The molecule has 140 valence electrons. The second-order valence-corrected chi connectivity index (χ2v) is 8.45. The summed E-state index contributed by atoms with van der Waals surface area (Å²) in [6, 6.07) is 15.4. The largest absolute Gasteiger partial charge is 0.467 e. The third-order valence-corrected chi connectivity index (χ3v) is 6.03. The number of anilines is 1. The Labute approximate surface area is 172 Å². The Bertz CT molecular complexity index is 918. The van der Waals surface area contributed by atoms with E-state index in [4.69, 9.17) is 17.0 Å². The molecule has 2 aliphatic heterocycles. The maximum atomic E-state index is 13.2. The van der Waals surface area contributed by atoms with E-state index in [2.05, 4.69) is 21.2 Å². The fourth-order valence-electron chi connectivity index (χ4n) is 3.96. The van der Waals surface area contributed by atoms with Crippen molar-refractivity contribution < 1.29 is 9.53 Å². The topological polar surface area (TPSA) is 44.8 Å². The highest BCUT2D eigenvalue weighted by molar-refractivity contribution is 9.10. The number of hydrogen-bond acceptors (Lipinski definition) is 3. The second-order valence-electron chi connectivity index (χ2n) is 7.14. The SMILES string of the molecule is CN(C)C(=O)C1C2NC(=S)N(c3ccc(Br)cc3)C1(C)Oc1ccccc12. The van der Waals surface area contributed by atoms with Gasteiger partial charge in [0.15, 0.2) is 10.8 Å². The smallest absolute Gasteiger partial charge is 0.233 e. The predicted octanol–water partition coefficient (Wildman–Crippen LogP) is 3.70. The number of fused-ring (bicyclic) bond motifs is 4. The summed E-state index contributed by atoms with van der Waals surface area (Å²) < 4.78 is 7.45. The number of para-hydroxylation sites is 1. The Kier molecular flexibility index (Phi) is 4.39. The van der Waals surface area contributed by atoms with Crippen LogP contribution >= 0.6 is 28.1 Å². The van der Waals surface area contributed by atoms with Gasteiger partial charge in [-0.15, -0.1) is 0 Å². The molecule has 2 aliphatic rings. The van der Waals surface area contributed by atoms with Crippen LogP contribution in [0.5, 0.6) is 5.75 Å². The summed E-state index contributed by atoms with van der Waals surface area (Å²) in [6.07, 6.45) is 0. The quantitative estimate of drug-likeness (QED) is 0.713. The summed E-state index contributed by atoms with van der Waals surface area (Å²) >= 11 is 9.17. The van der Waals surface area contributed by atoms with Crippen LogP contribution in [0.15, 0.2) is 53.0 Å². The molecule has 1 amide bonds. The number of hydrogen-bond donors (Lipinski definition) is 1. The van der Waals surface area contributed by atoms with Gasteiger partial charge in [-0.3, -0.25) is 9.69 Å². The lowest BCUT2D eigenvalue weighted by Crippen LogP contribution is -2.72. The molecule has 2 aromatic carbocycles. The molecule has 7 heteroatoms. The van der Waals surface area contributed by atoms with Gasteiger partial charge in [0.05, 0.1) is 6.04 Å². The molecule has 5 nitrogen and oxygen atoms in total. The Balaban J connectivity index is 1.90. The van der Waals surface area contributed by atoms with Gasteiger partial charge in [0, 0.05) is 29.8 Å². The molecule has 4 rings (SSSR count). The predicted molar refractivity (Wildman–Crippen MR) is 113 cm³/mol. The van der Waals surface area contributed by atoms with Crippen LogP contribution in [0.2, 0.25) is 0 Å². The zero-order valence-corrected chi connectivity index (χ0v) is 17.7. The van der Waals surface area contributed by atoms with Crippen molar-refractivity contribution in [1.82, 2.24) is 10.2 Å². The van der Waals surface area contributed by atoms with E-state index in [0.717, 1.165) is 21.5 Å². The molecule has 3 unspecified atom stereocenters. The maximum Gasteiger partial charge on any atom is 0.233 e. The van der Waals surface area contributed by atoms with E-state index in [1.165, 1.54) is 0 Å². The van der Waals surface area contributed by atoms with E-state index in [0.29, 0.717) is 5.11 Å². The first-order chi connectivity index (χ1) is 12.8. The van der Waals surface area contributed by atoms with Crippen LogP contribution in [0, 0.1) is 5.92 Å². The van der Waals surface area contributed by atoms with Gasteiger partial charge in [-0.25, -0.2) is 0 Å². The van der Waals surface area contributed by atoms with E-state index in [-0.39, 0.29) is 11.9 Å². The molecule has 0 saturated carbocycles. The molecule has 2 bridgehead atoms. The number of nitrogens with one attached hydrogen (secondary N) is 1. The first kappa shape index (κ1) is 18.3. The van der Waals surface area contributed by atoms with Crippen molar-refractivity contribution in [1.29, 1.82) is 0 Å². The van der Waals surface area contributed by atoms with Crippen LogP contribution < -0.4 is 15.0 Å². The highest BCUT2D eigenvalue weighted by atomic mass is 79.9. The van der Waals surface area contributed by atoms with E-state index >= 15 is 0 Å². The van der Waals surface area contributed by atoms with Crippen LogP contribution in [0.4, 0.5) is 5.69 Å². The summed E-state index contributed by atoms with van der Waals surface area (Å²) in [7, 11) is 3.54. The lowest BCUT2D eigenvalue weighted by molar-refractivity contribution is -0.144. The van der Waals surface area contributed by atoms with E-state index in [9.17, 15) is 4.79 Å². The van der Waals surface area contributed by atoms with Gasteiger partial charge in [0.2, 0.25) is 5.91 Å². The number of benzene rings is 2. The average molecular weight is 446 g/mol. The monoisotopic (exact) mass is 445 g/mol. The lowest BCUT2D eigenvalue weighted by Gasteiger charge is -2.56. The Morgan fingerprint density at radius 2 is 1.89 bits per heavy atom. The third kappa shape index (κ3) is 2.80. The lowest BCUT2D eigenvalue weighted by atomic mass is 9.78. The van der Waals surface area contributed by atoms with Gasteiger partial charge in [-0.1, -0.05) is 34.1 Å². The fourth-order valence-corrected chi connectivity index (χ4v) is 4.64. The minimum absolute atomic E-state index is 0.00545. The number of carbonyl (C=O) groups is 1. The first-order valence-corrected chi connectivity index (χ1v) is 9.88. The molecule has 27 heavy (non-hydrogen) atoms. The van der Waals surface area contributed by atoms with Crippen molar-refractivity contribution in [3.8, 4) is 5.75 Å². The van der Waals surface area contributed by atoms with E-state index in [1.807, 2.05) is 60.4 Å². The third-order valence-electron chi connectivity index (χ3n) is 5.20. The molecule has 0 radical (unpaired) electrons. The number of rotatable bonds is 2. The number of ether oxygens (including phenoxy) is 1. The number of carbonyl (C=O) groups excluding carboxylic acids is 1. The fraction of sp³-hybridized carbons (Fsp3) is 0.300. The van der Waals surface area contributed by atoms with Crippen molar-refractivity contribution in [2.75, 3.05) is 19.0 Å². The second kappa shape index (κ2) is 6.49. The number of amides is 1.